The van der Waals surface area contributed by atoms with E-state index < -0.39 is 15.6 Å². The number of alkyl halides is 3. The van der Waals surface area contributed by atoms with Gasteiger partial charge < -0.3 is 4.90 Å². The van der Waals surface area contributed by atoms with Gasteiger partial charge in [0.2, 0.25) is 9.84 Å². The van der Waals surface area contributed by atoms with E-state index in [1.54, 1.807) is 12.1 Å². The van der Waals surface area contributed by atoms with E-state index >= 15 is 0 Å². The van der Waals surface area contributed by atoms with Gasteiger partial charge in [0.1, 0.15) is 0 Å². The van der Waals surface area contributed by atoms with Gasteiger partial charge in [0, 0.05) is 19.0 Å². The van der Waals surface area contributed by atoms with E-state index in [2.05, 4.69) is 0 Å². The Morgan fingerprint density at radius 1 is 1.37 bits per heavy atom. The van der Waals surface area contributed by atoms with E-state index in [9.17, 15) is 17.2 Å². The van der Waals surface area contributed by atoms with Crippen LogP contribution in [0, 0.1) is 5.92 Å². The highest BCUT2D eigenvalue weighted by atomic mass is 35.5. The van der Waals surface area contributed by atoms with Crippen LogP contribution < -0.4 is 4.90 Å². The lowest BCUT2D eigenvalue weighted by atomic mass is 10.2. The lowest BCUT2D eigenvalue weighted by molar-refractivity contribution is 0.235. The molecule has 1 aromatic carbocycles. The zero-order chi connectivity index (χ0) is 14.0. The predicted octanol–water partition coefficient (Wildman–Crippen LogP) is 2.75. The van der Waals surface area contributed by atoms with Crippen LogP contribution in [0.4, 0.5) is 14.5 Å². The maximum absolute atomic E-state index is 12.7. The first-order valence-electron chi connectivity index (χ1n) is 5.89. The minimum absolute atomic E-state index is 0.268. The number of sulfone groups is 1. The molecule has 19 heavy (non-hydrogen) atoms. The average molecular weight is 310 g/mol. The first kappa shape index (κ1) is 14.5. The third-order valence-corrected chi connectivity index (χ3v) is 5.11. The molecule has 7 heteroatoms. The molecule has 0 N–H and O–H groups in total. The van der Waals surface area contributed by atoms with E-state index in [4.69, 9.17) is 11.6 Å². The predicted molar refractivity (Wildman–Crippen MR) is 70.7 cm³/mol. The van der Waals surface area contributed by atoms with Crippen molar-refractivity contribution in [3.05, 3.63) is 24.3 Å². The second-order valence-electron chi connectivity index (χ2n) is 4.53. The molecule has 0 amide bonds. The molecule has 0 saturated carbocycles. The first-order valence-corrected chi connectivity index (χ1v) is 7.97. The van der Waals surface area contributed by atoms with Crippen molar-refractivity contribution in [2.45, 2.75) is 17.1 Å². The molecule has 1 unspecified atom stereocenters. The number of benzene rings is 1. The molecule has 1 saturated heterocycles. The van der Waals surface area contributed by atoms with Crippen molar-refractivity contribution in [1.29, 1.82) is 0 Å². The van der Waals surface area contributed by atoms with Crippen LogP contribution in [-0.4, -0.2) is 33.1 Å². The van der Waals surface area contributed by atoms with E-state index in [1.165, 1.54) is 12.1 Å². The summed E-state index contributed by atoms with van der Waals surface area (Å²) in [6.07, 6.45) is 0.840. The van der Waals surface area contributed by atoms with Crippen molar-refractivity contribution in [3.63, 3.8) is 0 Å². The van der Waals surface area contributed by atoms with Crippen molar-refractivity contribution < 1.29 is 17.2 Å². The van der Waals surface area contributed by atoms with E-state index in [0.29, 0.717) is 24.7 Å². The third kappa shape index (κ3) is 2.84. The Labute approximate surface area is 116 Å². The quantitative estimate of drug-likeness (QED) is 0.803. The van der Waals surface area contributed by atoms with Gasteiger partial charge in [-0.2, -0.15) is 8.78 Å². The molecular formula is C12H14ClF2NO2S. The van der Waals surface area contributed by atoms with Crippen molar-refractivity contribution in [3.8, 4) is 0 Å². The Morgan fingerprint density at radius 3 is 2.63 bits per heavy atom. The maximum atomic E-state index is 12.7. The molecule has 1 heterocycles. The summed E-state index contributed by atoms with van der Waals surface area (Å²) < 4.78 is 48.7. The molecule has 0 aromatic heterocycles. The highest BCUT2D eigenvalue weighted by Gasteiger charge is 2.32. The van der Waals surface area contributed by atoms with E-state index in [1.807, 2.05) is 4.90 Å². The molecule has 0 bridgehead atoms. The van der Waals surface area contributed by atoms with Crippen LogP contribution in [0.5, 0.6) is 0 Å². The number of para-hydroxylation sites is 1. The fourth-order valence-corrected chi connectivity index (χ4v) is 3.43. The van der Waals surface area contributed by atoms with Gasteiger partial charge in [-0.05, 0) is 24.5 Å². The fraction of sp³-hybridized carbons (Fsp3) is 0.500. The van der Waals surface area contributed by atoms with Gasteiger partial charge in [-0.1, -0.05) is 12.1 Å². The summed E-state index contributed by atoms with van der Waals surface area (Å²) in [6.45, 7) is 1.23. The highest BCUT2D eigenvalue weighted by Crippen LogP contribution is 2.32. The summed E-state index contributed by atoms with van der Waals surface area (Å²) in [5, 5.41) is 0. The van der Waals surface area contributed by atoms with Gasteiger partial charge in [0.15, 0.2) is 0 Å². The summed E-state index contributed by atoms with van der Waals surface area (Å²) in [7, 11) is -4.58. The molecule has 0 spiro atoms. The molecule has 106 valence electrons. The highest BCUT2D eigenvalue weighted by molar-refractivity contribution is 7.91. The van der Waals surface area contributed by atoms with Crippen LogP contribution in [0.2, 0.25) is 0 Å². The first-order chi connectivity index (χ1) is 8.96. The Morgan fingerprint density at radius 2 is 2.05 bits per heavy atom. The number of nitrogens with zero attached hydrogens (tertiary/aromatic N) is 1. The molecule has 1 atom stereocenters. The number of anilines is 1. The lowest BCUT2D eigenvalue weighted by Gasteiger charge is -2.21. The van der Waals surface area contributed by atoms with Gasteiger partial charge >= 0.3 is 5.76 Å². The van der Waals surface area contributed by atoms with Crippen LogP contribution in [0.1, 0.15) is 6.42 Å². The monoisotopic (exact) mass is 309 g/mol. The summed E-state index contributed by atoms with van der Waals surface area (Å²) in [5.41, 5.74) is 0.343. The number of rotatable bonds is 4. The number of hydrogen-bond donors (Lipinski definition) is 0. The Hall–Kier alpha value is -0.880. The minimum Gasteiger partial charge on any atom is -0.370 e. The summed E-state index contributed by atoms with van der Waals surface area (Å²) in [5.74, 6) is -2.65. The summed E-state index contributed by atoms with van der Waals surface area (Å²) in [4.78, 5) is 1.50. The molecule has 3 nitrogen and oxygen atoms in total. The normalized spacial score (nSPS) is 20.2. The van der Waals surface area contributed by atoms with Gasteiger partial charge in [0.05, 0.1) is 10.6 Å². The summed E-state index contributed by atoms with van der Waals surface area (Å²) in [6, 6.07) is 5.89. The lowest BCUT2D eigenvalue weighted by Crippen LogP contribution is -2.23. The van der Waals surface area contributed by atoms with Gasteiger partial charge in [-0.25, -0.2) is 8.42 Å². The van der Waals surface area contributed by atoms with Crippen LogP contribution in [-0.2, 0) is 9.84 Å². The van der Waals surface area contributed by atoms with Gasteiger partial charge in [-0.15, -0.1) is 11.6 Å². The van der Waals surface area contributed by atoms with Gasteiger partial charge in [-0.3, -0.25) is 0 Å². The van der Waals surface area contributed by atoms with Crippen LogP contribution in [0.3, 0.4) is 0 Å². The molecule has 1 aromatic rings. The van der Waals surface area contributed by atoms with E-state index in [-0.39, 0.29) is 10.8 Å². The average Bonchev–Trinajstić information content (AvgIpc) is 2.87. The van der Waals surface area contributed by atoms with Crippen molar-refractivity contribution >= 4 is 27.1 Å². The zero-order valence-electron chi connectivity index (χ0n) is 10.1. The van der Waals surface area contributed by atoms with Crippen molar-refractivity contribution in [2.75, 3.05) is 23.9 Å². The van der Waals surface area contributed by atoms with E-state index in [0.717, 1.165) is 6.42 Å². The molecule has 1 fully saturated rings. The maximum Gasteiger partial charge on any atom is 0.341 e. The topological polar surface area (TPSA) is 37.4 Å². The molecule has 2 rings (SSSR count). The third-order valence-electron chi connectivity index (χ3n) is 3.25. The molecule has 0 aliphatic carbocycles. The fourth-order valence-electron chi connectivity index (χ4n) is 2.23. The summed E-state index contributed by atoms with van der Waals surface area (Å²) >= 11 is 5.78. The van der Waals surface area contributed by atoms with Gasteiger partial charge in [0.25, 0.3) is 0 Å². The van der Waals surface area contributed by atoms with Crippen LogP contribution >= 0.6 is 11.6 Å². The Bertz CT molecular complexity index is 550. The zero-order valence-corrected chi connectivity index (χ0v) is 11.7. The molecule has 1 aliphatic heterocycles. The second-order valence-corrected chi connectivity index (χ2v) is 6.72. The van der Waals surface area contributed by atoms with Crippen molar-refractivity contribution in [1.82, 2.24) is 0 Å². The molecular weight excluding hydrogens is 296 g/mol. The van der Waals surface area contributed by atoms with Crippen molar-refractivity contribution in [2.24, 2.45) is 5.92 Å². The SMILES string of the molecule is O=S(=O)(c1ccccc1N1CCC(CCl)C1)C(F)F. The largest absolute Gasteiger partial charge is 0.370 e. The minimum atomic E-state index is -4.58. The molecule has 0 radical (unpaired) electrons. The number of hydrogen-bond acceptors (Lipinski definition) is 3. The van der Waals surface area contributed by atoms with Crippen LogP contribution in [0.15, 0.2) is 29.2 Å². The van der Waals surface area contributed by atoms with Crippen LogP contribution in [0.25, 0.3) is 0 Å². The number of halogens is 3. The smallest absolute Gasteiger partial charge is 0.341 e. The Balaban J connectivity index is 2.38. The Kier molecular flexibility index (Phi) is 4.30. The standard InChI is InChI=1S/C12H14ClF2NO2S/c13-7-9-5-6-16(8-9)10-3-1-2-4-11(10)19(17,18)12(14)15/h1-4,9,12H,5-8H2. The molecule has 1 aliphatic rings. The second kappa shape index (κ2) is 5.63.